The van der Waals surface area contributed by atoms with Gasteiger partial charge in [-0.3, -0.25) is 15.0 Å². The summed E-state index contributed by atoms with van der Waals surface area (Å²) in [7, 11) is -1.29. The first-order valence-electron chi connectivity index (χ1n) is 13.1. The van der Waals surface area contributed by atoms with E-state index in [1.54, 1.807) is 34.0 Å². The minimum Gasteiger partial charge on any atom is -0.461 e. The lowest BCUT2D eigenvalue weighted by Crippen LogP contribution is -2.51. The molecule has 210 valence electrons. The van der Waals surface area contributed by atoms with Gasteiger partial charge in [0, 0.05) is 0 Å². The van der Waals surface area contributed by atoms with Crippen molar-refractivity contribution in [1.82, 2.24) is 29.7 Å². The minimum atomic E-state index is -1.29. The molecule has 12 heteroatoms. The number of nitrogens with one attached hydrogen (secondary N) is 2. The first kappa shape index (κ1) is 29.0. The van der Waals surface area contributed by atoms with Crippen LogP contribution < -0.4 is 15.9 Å². The molecule has 1 saturated carbocycles. The van der Waals surface area contributed by atoms with E-state index in [9.17, 15) is 9.59 Å². The molecule has 0 amide bonds. The molecule has 0 saturated heterocycles. The summed E-state index contributed by atoms with van der Waals surface area (Å²) in [4.78, 5) is 37.3. The molecule has 0 radical (unpaired) electrons. The fourth-order valence-corrected chi connectivity index (χ4v) is 6.47. The Hall–Kier alpha value is -2.98. The molecule has 2 unspecified atom stereocenters. The Balaban J connectivity index is 1.34. The first-order chi connectivity index (χ1) is 18.5. The highest BCUT2D eigenvalue weighted by atomic mass is 31.1. The van der Waals surface area contributed by atoms with E-state index >= 15 is 0 Å². The summed E-state index contributed by atoms with van der Waals surface area (Å²) >= 11 is 0. The second-order valence-corrected chi connectivity index (χ2v) is 12.7. The number of ether oxygens (including phenoxy) is 2. The summed E-state index contributed by atoms with van der Waals surface area (Å²) in [5.74, 6) is 0.414. The molecule has 1 aliphatic rings. The average molecular weight is 556 g/mol. The van der Waals surface area contributed by atoms with Gasteiger partial charge in [-0.25, -0.2) is 15.0 Å². The molecule has 2 heterocycles. The molecule has 4 N–H and O–H groups in total. The topological polar surface area (TPSA) is 146 Å². The van der Waals surface area contributed by atoms with Crippen molar-refractivity contribution in [2.75, 3.05) is 12.1 Å². The Kier molecular flexibility index (Phi) is 8.96. The Labute approximate surface area is 230 Å². The maximum Gasteiger partial charge on any atom is 0.326 e. The number of hydrogen-bond donors (Lipinski definition) is 3. The zero-order valence-electron chi connectivity index (χ0n) is 23.1. The van der Waals surface area contributed by atoms with Crippen LogP contribution in [0.25, 0.3) is 11.2 Å². The SMILES string of the molecule is CC(Cn1cnc2c(N)ncnc21)OCP(NC(C)(C)C=O)NC(C)(C)C(=O)OC1CC(c2ccccc2)C1. The van der Waals surface area contributed by atoms with E-state index in [4.69, 9.17) is 15.2 Å². The zero-order chi connectivity index (χ0) is 28.2. The van der Waals surface area contributed by atoms with Crippen LogP contribution in [0.4, 0.5) is 5.82 Å². The van der Waals surface area contributed by atoms with E-state index in [0.29, 0.717) is 29.4 Å². The Morgan fingerprint density at radius 3 is 2.59 bits per heavy atom. The largest absolute Gasteiger partial charge is 0.461 e. The summed E-state index contributed by atoms with van der Waals surface area (Å²) in [6.45, 7) is 9.57. The van der Waals surface area contributed by atoms with Crippen LogP contribution in [0.2, 0.25) is 0 Å². The van der Waals surface area contributed by atoms with Gasteiger partial charge in [-0.05, 0) is 58.9 Å². The minimum absolute atomic E-state index is 0.103. The number of carbonyl (C=O) groups excluding carboxylic acids is 2. The lowest BCUT2D eigenvalue weighted by atomic mass is 9.77. The number of imidazole rings is 1. The summed E-state index contributed by atoms with van der Waals surface area (Å²) in [6.07, 6.45) is 5.48. The van der Waals surface area contributed by atoms with E-state index < -0.39 is 19.3 Å². The van der Waals surface area contributed by atoms with Gasteiger partial charge in [0.25, 0.3) is 0 Å². The smallest absolute Gasteiger partial charge is 0.326 e. The molecule has 0 bridgehead atoms. The highest BCUT2D eigenvalue weighted by Crippen LogP contribution is 2.40. The van der Waals surface area contributed by atoms with Crippen molar-refractivity contribution in [2.24, 2.45) is 0 Å². The summed E-state index contributed by atoms with van der Waals surface area (Å²) in [5.41, 5.74) is 6.55. The van der Waals surface area contributed by atoms with E-state index in [1.165, 1.54) is 11.9 Å². The standard InChI is InChI=1S/C27H38N7O4P/c1-18(13-34-16-31-22-23(28)29-15-30-24(22)34)37-17-39(32-26(2,3)14-35)33-27(4,5)25(36)38-21-11-20(12-21)19-9-7-6-8-10-19/h6-10,14-16,18,20-21,32-33H,11-13,17H2,1-5H3,(H2,28,29,30). The van der Waals surface area contributed by atoms with Crippen LogP contribution in [0.15, 0.2) is 43.0 Å². The van der Waals surface area contributed by atoms with Crippen LogP contribution in [-0.4, -0.2) is 61.4 Å². The average Bonchev–Trinajstić information content (AvgIpc) is 3.28. The van der Waals surface area contributed by atoms with Gasteiger partial charge in [0.2, 0.25) is 0 Å². The van der Waals surface area contributed by atoms with Crippen molar-refractivity contribution in [3.8, 4) is 0 Å². The number of fused-ring (bicyclic) bond motifs is 1. The number of anilines is 1. The second kappa shape index (κ2) is 12.0. The highest BCUT2D eigenvalue weighted by molar-refractivity contribution is 7.53. The number of esters is 1. The highest BCUT2D eigenvalue weighted by Gasteiger charge is 2.39. The van der Waals surface area contributed by atoms with Gasteiger partial charge in [-0.2, -0.15) is 0 Å². The molecule has 1 aliphatic carbocycles. The van der Waals surface area contributed by atoms with Crippen molar-refractivity contribution >= 4 is 37.5 Å². The first-order valence-corrected chi connectivity index (χ1v) is 14.6. The van der Waals surface area contributed by atoms with Crippen LogP contribution in [0.5, 0.6) is 0 Å². The van der Waals surface area contributed by atoms with Crippen molar-refractivity contribution in [3.05, 3.63) is 48.5 Å². The van der Waals surface area contributed by atoms with Crippen molar-refractivity contribution < 1.29 is 19.1 Å². The maximum atomic E-state index is 13.1. The van der Waals surface area contributed by atoms with Gasteiger partial charge in [-0.1, -0.05) is 30.3 Å². The van der Waals surface area contributed by atoms with E-state index in [1.807, 2.05) is 29.7 Å². The summed E-state index contributed by atoms with van der Waals surface area (Å²) in [5, 5.41) is 6.68. The van der Waals surface area contributed by atoms with Crippen LogP contribution in [0, 0.1) is 0 Å². The van der Waals surface area contributed by atoms with Crippen molar-refractivity contribution in [3.63, 3.8) is 0 Å². The molecule has 3 aromatic rings. The molecule has 0 aliphatic heterocycles. The molecule has 1 fully saturated rings. The molecule has 11 nitrogen and oxygen atoms in total. The number of nitrogen functional groups attached to an aromatic ring is 1. The van der Waals surface area contributed by atoms with E-state index in [-0.39, 0.29) is 24.5 Å². The molecule has 1 aromatic carbocycles. The molecule has 39 heavy (non-hydrogen) atoms. The monoisotopic (exact) mass is 555 g/mol. The third kappa shape index (κ3) is 7.36. The third-order valence-electron chi connectivity index (χ3n) is 6.65. The van der Waals surface area contributed by atoms with Gasteiger partial charge in [0.1, 0.15) is 29.8 Å². The van der Waals surface area contributed by atoms with Gasteiger partial charge in [0.05, 0.1) is 39.1 Å². The van der Waals surface area contributed by atoms with Gasteiger partial charge < -0.3 is 24.6 Å². The van der Waals surface area contributed by atoms with Crippen molar-refractivity contribution in [1.29, 1.82) is 0 Å². The normalized spacial score (nSPS) is 19.3. The Morgan fingerprint density at radius 2 is 1.90 bits per heavy atom. The van der Waals surface area contributed by atoms with Crippen LogP contribution >= 0.6 is 8.22 Å². The number of carbonyl (C=O) groups is 2. The van der Waals surface area contributed by atoms with Crippen molar-refractivity contribution in [2.45, 2.75) is 83.2 Å². The number of nitrogens with two attached hydrogens (primary N) is 1. The number of aromatic nitrogens is 4. The molecular weight excluding hydrogens is 517 g/mol. The molecule has 2 atom stereocenters. The molecule has 0 spiro atoms. The van der Waals surface area contributed by atoms with Crippen LogP contribution in [0.1, 0.15) is 58.9 Å². The van der Waals surface area contributed by atoms with Gasteiger partial charge >= 0.3 is 5.97 Å². The second-order valence-electron chi connectivity index (χ2n) is 11.2. The van der Waals surface area contributed by atoms with E-state index in [2.05, 4.69) is 37.3 Å². The fraction of sp³-hybridized carbons (Fsp3) is 0.519. The summed E-state index contributed by atoms with van der Waals surface area (Å²) < 4.78 is 13.9. The number of hydrogen-bond acceptors (Lipinski definition) is 10. The predicted octanol–water partition coefficient (Wildman–Crippen LogP) is 3.51. The number of nitrogens with zero attached hydrogens (tertiary/aromatic N) is 4. The lowest BCUT2D eigenvalue weighted by Gasteiger charge is -2.39. The number of aldehydes is 1. The molecular formula is C27H38N7O4P. The van der Waals surface area contributed by atoms with Gasteiger partial charge in [-0.15, -0.1) is 0 Å². The Morgan fingerprint density at radius 1 is 1.18 bits per heavy atom. The fourth-order valence-electron chi connectivity index (χ4n) is 4.37. The number of benzene rings is 1. The zero-order valence-corrected chi connectivity index (χ0v) is 24.0. The van der Waals surface area contributed by atoms with Gasteiger partial charge in [0.15, 0.2) is 11.5 Å². The number of rotatable bonds is 13. The lowest BCUT2D eigenvalue weighted by molar-refractivity contribution is -0.159. The quantitative estimate of drug-likeness (QED) is 0.163. The molecule has 4 rings (SSSR count). The molecule has 2 aromatic heterocycles. The van der Waals surface area contributed by atoms with Crippen LogP contribution in [-0.2, 0) is 25.6 Å². The van der Waals surface area contributed by atoms with E-state index in [0.717, 1.165) is 19.1 Å². The Bertz CT molecular complexity index is 1280. The maximum absolute atomic E-state index is 13.1. The third-order valence-corrected chi connectivity index (χ3v) is 8.74. The predicted molar refractivity (Wildman–Crippen MR) is 151 cm³/mol. The van der Waals surface area contributed by atoms with Crippen LogP contribution in [0.3, 0.4) is 0 Å². The summed E-state index contributed by atoms with van der Waals surface area (Å²) in [6, 6.07) is 10.3.